The molecule has 1 fully saturated rings. The monoisotopic (exact) mass is 384 g/mol. The van der Waals surface area contributed by atoms with Gasteiger partial charge in [0.05, 0.1) is 12.8 Å². The molecule has 0 saturated carbocycles. The van der Waals surface area contributed by atoms with Gasteiger partial charge in [0.25, 0.3) is 0 Å². The second-order valence-electron chi connectivity index (χ2n) is 6.75. The summed E-state index contributed by atoms with van der Waals surface area (Å²) >= 11 is 0. The standard InChI is InChI=1S/C20H21FN4O3/c21-16-5-3-15(4-6-16)20-22-18(28-23-20)7-8-19(26)25-11-9-24(10-12-25)14-17-2-1-13-27-17/h1-6,13H,7-12,14H2. The maximum atomic E-state index is 13.0. The lowest BCUT2D eigenvalue weighted by molar-refractivity contribution is -0.133. The van der Waals surface area contributed by atoms with Crippen LogP contribution in [-0.2, 0) is 17.8 Å². The predicted octanol–water partition coefficient (Wildman–Crippen LogP) is 2.75. The number of benzene rings is 1. The van der Waals surface area contributed by atoms with E-state index in [0.717, 1.165) is 25.4 Å². The van der Waals surface area contributed by atoms with Crippen LogP contribution in [0, 0.1) is 5.82 Å². The van der Waals surface area contributed by atoms with Crippen molar-refractivity contribution >= 4 is 5.91 Å². The van der Waals surface area contributed by atoms with E-state index in [1.807, 2.05) is 17.0 Å². The predicted molar refractivity (Wildman–Crippen MR) is 98.6 cm³/mol. The molecule has 0 atom stereocenters. The third-order valence-corrected chi connectivity index (χ3v) is 4.81. The van der Waals surface area contributed by atoms with Crippen LogP contribution in [0.5, 0.6) is 0 Å². The summed E-state index contributed by atoms with van der Waals surface area (Å²) in [4.78, 5) is 20.9. The Morgan fingerprint density at radius 3 is 2.61 bits per heavy atom. The number of carbonyl (C=O) groups is 1. The first-order valence-corrected chi connectivity index (χ1v) is 9.28. The van der Waals surface area contributed by atoms with Crippen LogP contribution in [0.1, 0.15) is 18.1 Å². The van der Waals surface area contributed by atoms with Gasteiger partial charge in [0, 0.05) is 44.6 Å². The second-order valence-corrected chi connectivity index (χ2v) is 6.75. The summed E-state index contributed by atoms with van der Waals surface area (Å²) in [6.45, 7) is 3.81. The highest BCUT2D eigenvalue weighted by atomic mass is 19.1. The van der Waals surface area contributed by atoms with Crippen molar-refractivity contribution in [2.24, 2.45) is 0 Å². The van der Waals surface area contributed by atoms with Gasteiger partial charge in [-0.3, -0.25) is 9.69 Å². The summed E-state index contributed by atoms with van der Waals surface area (Å²) < 4.78 is 23.6. The fraction of sp³-hybridized carbons (Fsp3) is 0.350. The molecule has 2 aromatic heterocycles. The number of carbonyl (C=O) groups excluding carboxylic acids is 1. The number of amides is 1. The van der Waals surface area contributed by atoms with Crippen LogP contribution in [0.25, 0.3) is 11.4 Å². The van der Waals surface area contributed by atoms with Gasteiger partial charge in [-0.05, 0) is 36.4 Å². The maximum absolute atomic E-state index is 13.0. The second kappa shape index (κ2) is 8.35. The topological polar surface area (TPSA) is 75.6 Å². The van der Waals surface area contributed by atoms with Crippen LogP contribution in [0.15, 0.2) is 51.6 Å². The van der Waals surface area contributed by atoms with E-state index in [1.54, 1.807) is 18.4 Å². The van der Waals surface area contributed by atoms with E-state index in [-0.39, 0.29) is 11.7 Å². The van der Waals surface area contributed by atoms with Crippen molar-refractivity contribution in [3.63, 3.8) is 0 Å². The third-order valence-electron chi connectivity index (χ3n) is 4.81. The Bertz CT molecular complexity index is 900. The minimum atomic E-state index is -0.317. The molecule has 0 spiro atoms. The zero-order chi connectivity index (χ0) is 19.3. The summed E-state index contributed by atoms with van der Waals surface area (Å²) in [5, 5.41) is 3.90. The van der Waals surface area contributed by atoms with Crippen LogP contribution in [-0.4, -0.2) is 52.0 Å². The lowest BCUT2D eigenvalue weighted by atomic mass is 10.2. The summed E-state index contributed by atoms with van der Waals surface area (Å²) in [6, 6.07) is 9.73. The first-order valence-electron chi connectivity index (χ1n) is 9.28. The van der Waals surface area contributed by atoms with Crippen LogP contribution in [0.2, 0.25) is 0 Å². The normalized spacial score (nSPS) is 15.1. The molecular formula is C20H21FN4O3. The van der Waals surface area contributed by atoms with Crippen molar-refractivity contribution in [3.05, 3.63) is 60.1 Å². The van der Waals surface area contributed by atoms with Crippen LogP contribution >= 0.6 is 0 Å². The average molecular weight is 384 g/mol. The highest BCUT2D eigenvalue weighted by molar-refractivity contribution is 5.76. The molecule has 0 radical (unpaired) electrons. The van der Waals surface area contributed by atoms with Gasteiger partial charge in [0.1, 0.15) is 11.6 Å². The van der Waals surface area contributed by atoms with E-state index < -0.39 is 0 Å². The molecule has 1 aliphatic heterocycles. The molecule has 3 heterocycles. The Hall–Kier alpha value is -3.00. The molecule has 1 aromatic carbocycles. The molecule has 146 valence electrons. The van der Waals surface area contributed by atoms with Gasteiger partial charge in [-0.1, -0.05) is 5.16 Å². The molecule has 1 saturated heterocycles. The van der Waals surface area contributed by atoms with E-state index in [4.69, 9.17) is 8.94 Å². The summed E-state index contributed by atoms with van der Waals surface area (Å²) in [7, 11) is 0. The molecule has 0 unspecified atom stereocenters. The van der Waals surface area contributed by atoms with Crippen molar-refractivity contribution in [3.8, 4) is 11.4 Å². The summed E-state index contributed by atoms with van der Waals surface area (Å²) in [6.07, 6.45) is 2.39. The van der Waals surface area contributed by atoms with Gasteiger partial charge in [-0.25, -0.2) is 4.39 Å². The Kier molecular flexibility index (Phi) is 5.48. The Morgan fingerprint density at radius 1 is 1.11 bits per heavy atom. The van der Waals surface area contributed by atoms with E-state index >= 15 is 0 Å². The lowest BCUT2D eigenvalue weighted by Crippen LogP contribution is -2.48. The fourth-order valence-electron chi connectivity index (χ4n) is 3.22. The molecule has 3 aromatic rings. The molecule has 1 amide bonds. The zero-order valence-electron chi connectivity index (χ0n) is 15.4. The minimum absolute atomic E-state index is 0.0826. The largest absolute Gasteiger partial charge is 0.468 e. The van der Waals surface area contributed by atoms with Gasteiger partial charge in [-0.2, -0.15) is 4.98 Å². The number of hydrogen-bond acceptors (Lipinski definition) is 6. The van der Waals surface area contributed by atoms with Gasteiger partial charge < -0.3 is 13.8 Å². The molecule has 0 aliphatic carbocycles. The average Bonchev–Trinajstić information content (AvgIpc) is 3.39. The highest BCUT2D eigenvalue weighted by Gasteiger charge is 2.22. The number of halogens is 1. The van der Waals surface area contributed by atoms with Crippen LogP contribution in [0.4, 0.5) is 4.39 Å². The molecular weight excluding hydrogens is 363 g/mol. The van der Waals surface area contributed by atoms with Crippen molar-refractivity contribution < 1.29 is 18.1 Å². The van der Waals surface area contributed by atoms with E-state index in [0.29, 0.717) is 43.2 Å². The number of aromatic nitrogens is 2. The molecule has 0 N–H and O–H groups in total. The number of piperazine rings is 1. The van der Waals surface area contributed by atoms with Crippen molar-refractivity contribution in [1.82, 2.24) is 19.9 Å². The van der Waals surface area contributed by atoms with Gasteiger partial charge in [0.2, 0.25) is 17.6 Å². The number of rotatable bonds is 6. The van der Waals surface area contributed by atoms with Crippen molar-refractivity contribution in [2.75, 3.05) is 26.2 Å². The van der Waals surface area contributed by atoms with Crippen molar-refractivity contribution in [2.45, 2.75) is 19.4 Å². The Morgan fingerprint density at radius 2 is 1.89 bits per heavy atom. The van der Waals surface area contributed by atoms with Crippen molar-refractivity contribution in [1.29, 1.82) is 0 Å². The molecule has 28 heavy (non-hydrogen) atoms. The van der Waals surface area contributed by atoms with Gasteiger partial charge in [0.15, 0.2) is 0 Å². The lowest BCUT2D eigenvalue weighted by Gasteiger charge is -2.34. The zero-order valence-corrected chi connectivity index (χ0v) is 15.4. The maximum Gasteiger partial charge on any atom is 0.227 e. The first kappa shape index (κ1) is 18.4. The molecule has 7 nitrogen and oxygen atoms in total. The van der Waals surface area contributed by atoms with E-state index in [2.05, 4.69) is 15.0 Å². The smallest absolute Gasteiger partial charge is 0.227 e. The van der Waals surface area contributed by atoms with E-state index in [9.17, 15) is 9.18 Å². The SMILES string of the molecule is O=C(CCc1nc(-c2ccc(F)cc2)no1)N1CCN(Cc2ccco2)CC1. The molecule has 1 aliphatic rings. The number of hydrogen-bond donors (Lipinski definition) is 0. The summed E-state index contributed by atoms with van der Waals surface area (Å²) in [5.41, 5.74) is 0.676. The third kappa shape index (κ3) is 4.45. The first-order chi connectivity index (χ1) is 13.7. The summed E-state index contributed by atoms with van der Waals surface area (Å²) in [5.74, 6) is 1.51. The van der Waals surface area contributed by atoms with Crippen LogP contribution < -0.4 is 0 Å². The molecule has 4 rings (SSSR count). The number of nitrogens with zero attached hydrogens (tertiary/aromatic N) is 4. The fourth-order valence-corrected chi connectivity index (χ4v) is 3.22. The number of aryl methyl sites for hydroxylation is 1. The van der Waals surface area contributed by atoms with Gasteiger partial charge in [-0.15, -0.1) is 0 Å². The van der Waals surface area contributed by atoms with E-state index in [1.165, 1.54) is 12.1 Å². The van der Waals surface area contributed by atoms with Crippen LogP contribution in [0.3, 0.4) is 0 Å². The Balaban J connectivity index is 1.24. The minimum Gasteiger partial charge on any atom is -0.468 e. The van der Waals surface area contributed by atoms with Gasteiger partial charge >= 0.3 is 0 Å². The quantitative estimate of drug-likeness (QED) is 0.651. The highest BCUT2D eigenvalue weighted by Crippen LogP contribution is 2.17. The Labute approximate surface area is 161 Å². The molecule has 8 heteroatoms. The number of furan rings is 1. The molecule has 0 bridgehead atoms.